The molecule has 0 fully saturated rings. The van der Waals surface area contributed by atoms with E-state index in [9.17, 15) is 14.4 Å². The molecule has 140 valence electrons. The number of nitrogens with zero attached hydrogens (tertiary/aromatic N) is 1. The Morgan fingerprint density at radius 2 is 1.67 bits per heavy atom. The van der Waals surface area contributed by atoms with Gasteiger partial charge in [-0.15, -0.1) is 0 Å². The number of rotatable bonds is 4. The molecule has 27 heavy (non-hydrogen) atoms. The van der Waals surface area contributed by atoms with Gasteiger partial charge in [0.2, 0.25) is 11.8 Å². The molecule has 1 aliphatic heterocycles. The van der Waals surface area contributed by atoms with Crippen LogP contribution in [0.25, 0.3) is 11.1 Å². The summed E-state index contributed by atoms with van der Waals surface area (Å²) in [7, 11) is 1.69. The highest BCUT2D eigenvalue weighted by Crippen LogP contribution is 2.39. The highest BCUT2D eigenvalue weighted by Gasteiger charge is 2.34. The second-order valence-electron chi connectivity index (χ2n) is 6.56. The van der Waals surface area contributed by atoms with Crippen LogP contribution in [-0.4, -0.2) is 31.3 Å². The minimum atomic E-state index is -0.888. The number of carbonyl (C=O) groups is 3. The third kappa shape index (κ3) is 3.43. The zero-order valence-corrected chi connectivity index (χ0v) is 15.7. The molecule has 2 unspecified atom stereocenters. The van der Waals surface area contributed by atoms with Gasteiger partial charge < -0.3 is 15.5 Å². The SMILES string of the molecule is CCNC(=O)C(C)C(=O)NC1C(=O)N(C)c2ccccc2-c2ccccc21. The topological polar surface area (TPSA) is 78.5 Å². The smallest absolute Gasteiger partial charge is 0.253 e. The van der Waals surface area contributed by atoms with Gasteiger partial charge in [-0.25, -0.2) is 0 Å². The van der Waals surface area contributed by atoms with Gasteiger partial charge in [-0.3, -0.25) is 14.4 Å². The molecule has 0 spiro atoms. The molecule has 1 aliphatic rings. The minimum absolute atomic E-state index is 0.246. The van der Waals surface area contributed by atoms with Crippen molar-refractivity contribution in [1.29, 1.82) is 0 Å². The average molecular weight is 365 g/mol. The predicted molar refractivity (Wildman–Crippen MR) is 104 cm³/mol. The van der Waals surface area contributed by atoms with Gasteiger partial charge in [0.25, 0.3) is 5.91 Å². The molecule has 1 heterocycles. The minimum Gasteiger partial charge on any atom is -0.356 e. The van der Waals surface area contributed by atoms with Crippen molar-refractivity contribution in [3.8, 4) is 11.1 Å². The molecule has 2 atom stereocenters. The number of para-hydroxylation sites is 1. The molecule has 0 aliphatic carbocycles. The lowest BCUT2D eigenvalue weighted by Gasteiger charge is -2.24. The number of hydrogen-bond donors (Lipinski definition) is 2. The monoisotopic (exact) mass is 365 g/mol. The summed E-state index contributed by atoms with van der Waals surface area (Å²) in [5.74, 6) is -1.97. The number of carbonyl (C=O) groups excluding carboxylic acids is 3. The van der Waals surface area contributed by atoms with E-state index in [1.165, 1.54) is 6.92 Å². The third-order valence-electron chi connectivity index (χ3n) is 4.83. The van der Waals surface area contributed by atoms with Crippen molar-refractivity contribution in [3.05, 3.63) is 54.1 Å². The van der Waals surface area contributed by atoms with Gasteiger partial charge in [0.15, 0.2) is 0 Å². The van der Waals surface area contributed by atoms with E-state index < -0.39 is 17.9 Å². The lowest BCUT2D eigenvalue weighted by molar-refractivity contribution is -0.136. The number of fused-ring (bicyclic) bond motifs is 3. The standard InChI is InChI=1S/C21H23N3O3/c1-4-22-19(25)13(2)20(26)23-18-16-11-6-5-9-14(16)15-10-7-8-12-17(15)24(3)21(18)27/h5-13,18H,4H2,1-3H3,(H,22,25)(H,23,26). The first-order valence-electron chi connectivity index (χ1n) is 8.99. The summed E-state index contributed by atoms with van der Waals surface area (Å²) in [6.45, 7) is 3.77. The average Bonchev–Trinajstić information content (AvgIpc) is 2.77. The zero-order valence-electron chi connectivity index (χ0n) is 15.7. The van der Waals surface area contributed by atoms with Gasteiger partial charge >= 0.3 is 0 Å². The van der Waals surface area contributed by atoms with Gasteiger partial charge in [-0.05, 0) is 31.0 Å². The number of amides is 3. The second-order valence-corrected chi connectivity index (χ2v) is 6.56. The molecule has 2 aromatic carbocycles. The third-order valence-corrected chi connectivity index (χ3v) is 4.83. The molecule has 0 saturated carbocycles. The molecule has 2 N–H and O–H groups in total. The molecule has 0 radical (unpaired) electrons. The van der Waals surface area contributed by atoms with Crippen LogP contribution in [0.1, 0.15) is 25.5 Å². The van der Waals surface area contributed by atoms with Crippen molar-refractivity contribution >= 4 is 23.4 Å². The first-order chi connectivity index (χ1) is 13.0. The summed E-state index contributed by atoms with van der Waals surface area (Å²) in [5.41, 5.74) is 3.32. The molecular weight excluding hydrogens is 342 g/mol. The van der Waals surface area contributed by atoms with Gasteiger partial charge in [-0.2, -0.15) is 0 Å². The van der Waals surface area contributed by atoms with E-state index in [1.54, 1.807) is 18.9 Å². The molecule has 0 saturated heterocycles. The second kappa shape index (κ2) is 7.61. The van der Waals surface area contributed by atoms with Crippen LogP contribution < -0.4 is 15.5 Å². The number of nitrogens with one attached hydrogen (secondary N) is 2. The van der Waals surface area contributed by atoms with Crippen LogP contribution >= 0.6 is 0 Å². The van der Waals surface area contributed by atoms with Gasteiger partial charge in [0, 0.05) is 19.2 Å². The Hall–Kier alpha value is -3.15. The Labute approximate surface area is 158 Å². The van der Waals surface area contributed by atoms with E-state index in [4.69, 9.17) is 0 Å². The summed E-state index contributed by atoms with van der Waals surface area (Å²) in [4.78, 5) is 39.3. The zero-order chi connectivity index (χ0) is 19.6. The van der Waals surface area contributed by atoms with Crippen LogP contribution in [0, 0.1) is 5.92 Å². The maximum Gasteiger partial charge on any atom is 0.253 e. The van der Waals surface area contributed by atoms with Crippen LogP contribution in [0.5, 0.6) is 0 Å². The quantitative estimate of drug-likeness (QED) is 0.816. The van der Waals surface area contributed by atoms with E-state index in [0.29, 0.717) is 6.54 Å². The van der Waals surface area contributed by atoms with E-state index in [-0.39, 0.29) is 11.8 Å². The van der Waals surface area contributed by atoms with Crippen molar-refractivity contribution in [2.75, 3.05) is 18.5 Å². The molecule has 3 amide bonds. The lowest BCUT2D eigenvalue weighted by Crippen LogP contribution is -2.45. The summed E-state index contributed by atoms with van der Waals surface area (Å²) < 4.78 is 0. The van der Waals surface area contributed by atoms with Crippen LogP contribution in [0.2, 0.25) is 0 Å². The maximum absolute atomic E-state index is 13.1. The van der Waals surface area contributed by atoms with Gasteiger partial charge in [0.05, 0.1) is 5.69 Å². The fourth-order valence-corrected chi connectivity index (χ4v) is 3.29. The van der Waals surface area contributed by atoms with Crippen molar-refractivity contribution in [2.24, 2.45) is 5.92 Å². The number of hydrogen-bond acceptors (Lipinski definition) is 3. The first-order valence-corrected chi connectivity index (χ1v) is 8.99. The van der Waals surface area contributed by atoms with Gasteiger partial charge in [0.1, 0.15) is 12.0 Å². The Morgan fingerprint density at radius 3 is 2.37 bits per heavy atom. The Bertz CT molecular complexity index is 894. The lowest BCUT2D eigenvalue weighted by atomic mass is 9.95. The summed E-state index contributed by atoms with van der Waals surface area (Å²) in [6.07, 6.45) is 0. The largest absolute Gasteiger partial charge is 0.356 e. The van der Waals surface area contributed by atoms with Crippen LogP contribution in [0.15, 0.2) is 48.5 Å². The Kier molecular flexibility index (Phi) is 5.26. The first kappa shape index (κ1) is 18.6. The fraction of sp³-hybridized carbons (Fsp3) is 0.286. The van der Waals surface area contributed by atoms with E-state index in [0.717, 1.165) is 22.4 Å². The van der Waals surface area contributed by atoms with Crippen molar-refractivity contribution < 1.29 is 14.4 Å². The van der Waals surface area contributed by atoms with Crippen LogP contribution in [0.4, 0.5) is 5.69 Å². The van der Waals surface area contributed by atoms with E-state index in [2.05, 4.69) is 10.6 Å². The molecule has 0 bridgehead atoms. The summed E-state index contributed by atoms with van der Waals surface area (Å²) >= 11 is 0. The molecular formula is C21H23N3O3. The highest BCUT2D eigenvalue weighted by molar-refractivity contribution is 6.07. The predicted octanol–water partition coefficient (Wildman–Crippen LogP) is 2.26. The maximum atomic E-state index is 13.1. The van der Waals surface area contributed by atoms with E-state index in [1.807, 2.05) is 48.5 Å². The molecule has 6 heteroatoms. The summed E-state index contributed by atoms with van der Waals surface area (Å²) in [5, 5.41) is 5.41. The Morgan fingerprint density at radius 1 is 1.04 bits per heavy atom. The molecule has 2 aromatic rings. The Balaban J connectivity index is 2.00. The summed E-state index contributed by atoms with van der Waals surface area (Å²) in [6, 6.07) is 14.3. The molecule has 6 nitrogen and oxygen atoms in total. The van der Waals surface area contributed by atoms with Crippen molar-refractivity contribution in [1.82, 2.24) is 10.6 Å². The number of likely N-dealkylation sites (N-methyl/N-ethyl adjacent to an activating group) is 1. The number of benzene rings is 2. The number of anilines is 1. The van der Waals surface area contributed by atoms with Crippen molar-refractivity contribution in [3.63, 3.8) is 0 Å². The molecule has 0 aromatic heterocycles. The van der Waals surface area contributed by atoms with Crippen LogP contribution in [0.3, 0.4) is 0 Å². The van der Waals surface area contributed by atoms with Crippen molar-refractivity contribution in [2.45, 2.75) is 19.9 Å². The highest BCUT2D eigenvalue weighted by atomic mass is 16.2. The normalized spacial score (nSPS) is 16.6. The van der Waals surface area contributed by atoms with Crippen LogP contribution in [-0.2, 0) is 14.4 Å². The fourth-order valence-electron chi connectivity index (χ4n) is 3.29. The van der Waals surface area contributed by atoms with E-state index >= 15 is 0 Å². The molecule has 3 rings (SSSR count). The van der Waals surface area contributed by atoms with Gasteiger partial charge in [-0.1, -0.05) is 42.5 Å².